The number of pyridine rings is 1. The van der Waals surface area contributed by atoms with Crippen LogP contribution in [0.3, 0.4) is 0 Å². The van der Waals surface area contributed by atoms with Crippen molar-refractivity contribution in [1.29, 1.82) is 0 Å². The van der Waals surface area contributed by atoms with Crippen LogP contribution in [0.15, 0.2) is 12.3 Å². The lowest BCUT2D eigenvalue weighted by molar-refractivity contribution is -0.143. The summed E-state index contributed by atoms with van der Waals surface area (Å²) in [6.45, 7) is 3.84. The monoisotopic (exact) mass is 255 g/mol. The maximum absolute atomic E-state index is 9.64. The molecule has 0 unspecified atom stereocenters. The summed E-state index contributed by atoms with van der Waals surface area (Å²) in [6, 6.07) is 1.80. The lowest BCUT2D eigenvalue weighted by atomic mass is 10.2. The average Bonchev–Trinajstić information content (AvgIpc) is 2.31. The van der Waals surface area contributed by atoms with Gasteiger partial charge < -0.3 is 15.3 Å². The Kier molecular flexibility index (Phi) is 7.11. The third-order valence-corrected chi connectivity index (χ3v) is 2.09. The van der Waals surface area contributed by atoms with E-state index in [1.807, 2.05) is 13.8 Å². The third-order valence-electron chi connectivity index (χ3n) is 2.09. The molecule has 0 aromatic carbocycles. The van der Waals surface area contributed by atoms with Gasteiger partial charge in [-0.1, -0.05) is 6.92 Å². The van der Waals surface area contributed by atoms with Crippen molar-refractivity contribution in [3.05, 3.63) is 23.5 Å². The van der Waals surface area contributed by atoms with E-state index in [0.29, 0.717) is 5.75 Å². The number of hydrogen-bond donors (Lipinski definition) is 3. The Balaban J connectivity index is 0.000000331. The summed E-state index contributed by atoms with van der Waals surface area (Å²) in [5.41, 5.74) is 1.67. The van der Waals surface area contributed by atoms with Crippen LogP contribution in [-0.4, -0.2) is 32.2 Å². The van der Waals surface area contributed by atoms with Crippen LogP contribution in [0.25, 0.3) is 0 Å². The fourth-order valence-corrected chi connectivity index (χ4v) is 1.08. The summed E-state index contributed by atoms with van der Waals surface area (Å²) >= 11 is 0. The molecule has 1 rings (SSSR count). The van der Waals surface area contributed by atoms with Gasteiger partial charge in [0.2, 0.25) is 0 Å². The molecule has 1 heterocycles. The summed E-state index contributed by atoms with van der Waals surface area (Å²) < 4.78 is 0. The Bertz CT molecular complexity index is 403. The molecule has 18 heavy (non-hydrogen) atoms. The summed E-state index contributed by atoms with van der Waals surface area (Å²) in [6.07, 6.45) is 1.91. The minimum atomic E-state index is -1.08. The van der Waals surface area contributed by atoms with E-state index >= 15 is 0 Å². The SMILES string of the molecule is CCc1nccc(C)c1O.O=C(O)CCC(=O)O. The van der Waals surface area contributed by atoms with E-state index in [2.05, 4.69) is 4.98 Å². The van der Waals surface area contributed by atoms with Crippen molar-refractivity contribution in [1.82, 2.24) is 4.98 Å². The predicted octanol–water partition coefficient (Wildman–Crippen LogP) is 1.59. The molecular formula is C12H17NO5. The van der Waals surface area contributed by atoms with Crippen molar-refractivity contribution in [2.45, 2.75) is 33.1 Å². The second-order valence-electron chi connectivity index (χ2n) is 3.56. The van der Waals surface area contributed by atoms with Crippen molar-refractivity contribution in [2.75, 3.05) is 0 Å². The van der Waals surface area contributed by atoms with Crippen LogP contribution in [-0.2, 0) is 16.0 Å². The van der Waals surface area contributed by atoms with Crippen LogP contribution in [0.5, 0.6) is 5.75 Å². The zero-order chi connectivity index (χ0) is 14.1. The van der Waals surface area contributed by atoms with Crippen LogP contribution in [0.1, 0.15) is 31.0 Å². The number of nitrogens with zero attached hydrogens (tertiary/aromatic N) is 1. The number of aromatic nitrogens is 1. The highest BCUT2D eigenvalue weighted by atomic mass is 16.4. The van der Waals surface area contributed by atoms with Crippen molar-refractivity contribution < 1.29 is 24.9 Å². The van der Waals surface area contributed by atoms with Crippen LogP contribution in [0, 0.1) is 6.92 Å². The zero-order valence-electron chi connectivity index (χ0n) is 10.4. The molecular weight excluding hydrogens is 238 g/mol. The molecule has 0 atom stereocenters. The molecule has 6 nitrogen and oxygen atoms in total. The summed E-state index contributed by atoms with van der Waals surface area (Å²) in [4.78, 5) is 23.3. The Morgan fingerprint density at radius 3 is 2.06 bits per heavy atom. The number of rotatable bonds is 4. The Labute approximate surface area is 105 Å². The fraction of sp³-hybridized carbons (Fsp3) is 0.417. The van der Waals surface area contributed by atoms with E-state index in [9.17, 15) is 14.7 Å². The minimum absolute atomic E-state index is 0.296. The normalized spacial score (nSPS) is 9.22. The van der Waals surface area contributed by atoms with E-state index < -0.39 is 11.9 Å². The Hall–Kier alpha value is -2.11. The molecule has 0 aliphatic rings. The Morgan fingerprint density at radius 2 is 1.72 bits per heavy atom. The number of hydrogen-bond acceptors (Lipinski definition) is 4. The fourth-order valence-electron chi connectivity index (χ4n) is 1.08. The second-order valence-corrected chi connectivity index (χ2v) is 3.56. The van der Waals surface area contributed by atoms with E-state index in [1.165, 1.54) is 0 Å². The van der Waals surface area contributed by atoms with E-state index in [4.69, 9.17) is 10.2 Å². The van der Waals surface area contributed by atoms with Gasteiger partial charge in [-0.15, -0.1) is 0 Å². The number of aromatic hydroxyl groups is 1. The van der Waals surface area contributed by atoms with E-state index in [1.54, 1.807) is 12.3 Å². The molecule has 1 aromatic heterocycles. The van der Waals surface area contributed by atoms with Gasteiger partial charge >= 0.3 is 11.9 Å². The van der Waals surface area contributed by atoms with Gasteiger partial charge in [-0.3, -0.25) is 14.6 Å². The first-order chi connectivity index (χ1) is 8.38. The molecule has 100 valence electrons. The largest absolute Gasteiger partial charge is 0.506 e. The molecule has 0 bridgehead atoms. The first-order valence-corrected chi connectivity index (χ1v) is 5.45. The number of carbonyl (C=O) groups is 2. The van der Waals surface area contributed by atoms with Gasteiger partial charge in [-0.25, -0.2) is 0 Å². The molecule has 1 aromatic rings. The maximum Gasteiger partial charge on any atom is 0.303 e. The summed E-state index contributed by atoms with van der Waals surface area (Å²) in [7, 11) is 0. The molecule has 0 amide bonds. The zero-order valence-corrected chi connectivity index (χ0v) is 10.4. The highest BCUT2D eigenvalue weighted by molar-refractivity contribution is 5.75. The number of carboxylic acids is 2. The van der Waals surface area contributed by atoms with E-state index in [-0.39, 0.29) is 12.8 Å². The summed E-state index contributed by atoms with van der Waals surface area (Å²) in [5.74, 6) is -1.81. The van der Waals surface area contributed by atoms with Crippen molar-refractivity contribution in [2.24, 2.45) is 0 Å². The van der Waals surface area contributed by atoms with Gasteiger partial charge in [-0.2, -0.15) is 0 Å². The lowest BCUT2D eigenvalue weighted by Gasteiger charge is -2.01. The topological polar surface area (TPSA) is 108 Å². The number of carboxylic acid groups (broad SMARTS) is 2. The van der Waals surface area contributed by atoms with Gasteiger partial charge in [-0.05, 0) is 25.0 Å². The molecule has 0 saturated heterocycles. The third kappa shape index (κ3) is 6.47. The molecule has 6 heteroatoms. The van der Waals surface area contributed by atoms with Crippen LogP contribution in [0.2, 0.25) is 0 Å². The Morgan fingerprint density at radius 1 is 1.22 bits per heavy atom. The van der Waals surface area contributed by atoms with Crippen LogP contribution >= 0.6 is 0 Å². The van der Waals surface area contributed by atoms with Gasteiger partial charge in [0, 0.05) is 6.20 Å². The molecule has 0 aliphatic heterocycles. The second kappa shape index (κ2) is 8.05. The molecule has 0 saturated carbocycles. The number of aryl methyl sites for hydroxylation is 2. The van der Waals surface area contributed by atoms with Gasteiger partial charge in [0.15, 0.2) is 0 Å². The predicted molar refractivity (Wildman–Crippen MR) is 64.5 cm³/mol. The summed E-state index contributed by atoms with van der Waals surface area (Å²) in [5, 5.41) is 25.1. The molecule has 0 spiro atoms. The lowest BCUT2D eigenvalue weighted by Crippen LogP contribution is -2.00. The van der Waals surface area contributed by atoms with Crippen LogP contribution in [0.4, 0.5) is 0 Å². The van der Waals surface area contributed by atoms with Gasteiger partial charge in [0.05, 0.1) is 18.5 Å². The number of aliphatic carboxylic acids is 2. The molecule has 3 N–H and O–H groups in total. The van der Waals surface area contributed by atoms with Crippen molar-refractivity contribution in [3.8, 4) is 5.75 Å². The average molecular weight is 255 g/mol. The molecule has 0 aliphatic carbocycles. The smallest absolute Gasteiger partial charge is 0.303 e. The first kappa shape index (κ1) is 15.9. The van der Waals surface area contributed by atoms with Crippen LogP contribution < -0.4 is 0 Å². The molecule has 0 fully saturated rings. The van der Waals surface area contributed by atoms with Crippen molar-refractivity contribution >= 4 is 11.9 Å². The van der Waals surface area contributed by atoms with E-state index in [0.717, 1.165) is 17.7 Å². The van der Waals surface area contributed by atoms with Gasteiger partial charge in [0.25, 0.3) is 0 Å². The highest BCUT2D eigenvalue weighted by Crippen LogP contribution is 2.18. The highest BCUT2D eigenvalue weighted by Gasteiger charge is 2.01. The quantitative estimate of drug-likeness (QED) is 0.754. The standard InChI is InChI=1S/C8H11NO.C4H6O4/c1-3-7-8(10)6(2)4-5-9-7;5-3(6)1-2-4(7)8/h4-5,10H,3H2,1-2H3;1-2H2,(H,5,6)(H,7,8). The van der Waals surface area contributed by atoms with Crippen molar-refractivity contribution in [3.63, 3.8) is 0 Å². The molecule has 0 radical (unpaired) electrons. The maximum atomic E-state index is 9.64. The van der Waals surface area contributed by atoms with Gasteiger partial charge in [0.1, 0.15) is 5.75 Å². The first-order valence-electron chi connectivity index (χ1n) is 5.45. The minimum Gasteiger partial charge on any atom is -0.506 e.